The highest BCUT2D eigenvalue weighted by atomic mass is 14.7. The molecule has 0 amide bonds. The Morgan fingerprint density at radius 1 is 0.417 bits per heavy atom. The first-order valence-corrected chi connectivity index (χ1v) is 7.93. The summed E-state index contributed by atoms with van der Waals surface area (Å²) in [6.07, 6.45) is 3.72. The van der Waals surface area contributed by atoms with Crippen LogP contribution in [0, 0.1) is 0 Å². The number of aromatic nitrogens is 2. The zero-order chi connectivity index (χ0) is 16.2. The molecule has 2 nitrogen and oxygen atoms in total. The molecular formula is C22H16N2. The van der Waals surface area contributed by atoms with Gasteiger partial charge in [-0.15, -0.1) is 0 Å². The maximum absolute atomic E-state index is 4.50. The Morgan fingerprint density at radius 2 is 0.833 bits per heavy atom. The van der Waals surface area contributed by atoms with Crippen LogP contribution in [-0.2, 0) is 0 Å². The second kappa shape index (κ2) is 6.47. The summed E-state index contributed by atoms with van der Waals surface area (Å²) in [6, 6.07) is 28.8. The molecule has 0 aliphatic heterocycles. The third-order valence-corrected chi connectivity index (χ3v) is 3.99. The minimum atomic E-state index is 0.978. The molecular weight excluding hydrogens is 292 g/mol. The van der Waals surface area contributed by atoms with Gasteiger partial charge in [-0.25, -0.2) is 0 Å². The van der Waals surface area contributed by atoms with Gasteiger partial charge in [0.05, 0.1) is 11.4 Å². The van der Waals surface area contributed by atoms with Crippen molar-refractivity contribution >= 4 is 0 Å². The summed E-state index contributed by atoms with van der Waals surface area (Å²) in [7, 11) is 0. The molecule has 2 aromatic heterocycles. The third kappa shape index (κ3) is 2.95. The number of rotatable bonds is 3. The SMILES string of the molecule is c1ccc(-c2cc(-c3ccnc(-c4ccccc4)c3)ccn2)cc1. The molecule has 2 aromatic carbocycles. The lowest BCUT2D eigenvalue weighted by Crippen LogP contribution is -1.87. The minimum absolute atomic E-state index is 0.978. The molecule has 4 aromatic rings. The van der Waals surface area contributed by atoms with Gasteiger partial charge in [0.15, 0.2) is 0 Å². The molecule has 0 N–H and O–H groups in total. The predicted molar refractivity (Wildman–Crippen MR) is 98.3 cm³/mol. The van der Waals surface area contributed by atoms with Crippen LogP contribution >= 0.6 is 0 Å². The van der Waals surface area contributed by atoms with Gasteiger partial charge in [0.25, 0.3) is 0 Å². The molecule has 2 heterocycles. The zero-order valence-corrected chi connectivity index (χ0v) is 13.1. The van der Waals surface area contributed by atoms with E-state index in [1.165, 1.54) is 0 Å². The van der Waals surface area contributed by atoms with E-state index in [2.05, 4.69) is 46.4 Å². The van der Waals surface area contributed by atoms with Crippen LogP contribution in [0.3, 0.4) is 0 Å². The van der Waals surface area contributed by atoms with Crippen LogP contribution in [0.2, 0.25) is 0 Å². The van der Waals surface area contributed by atoms with Crippen molar-refractivity contribution in [1.82, 2.24) is 9.97 Å². The second-order valence-corrected chi connectivity index (χ2v) is 5.59. The molecule has 114 valence electrons. The Balaban J connectivity index is 1.75. The Morgan fingerprint density at radius 3 is 1.25 bits per heavy atom. The highest BCUT2D eigenvalue weighted by Crippen LogP contribution is 2.27. The van der Waals surface area contributed by atoms with Crippen molar-refractivity contribution in [2.75, 3.05) is 0 Å². The monoisotopic (exact) mass is 308 g/mol. The van der Waals surface area contributed by atoms with Gasteiger partial charge in [0, 0.05) is 23.5 Å². The molecule has 4 rings (SSSR count). The van der Waals surface area contributed by atoms with E-state index in [0.717, 1.165) is 33.6 Å². The molecule has 0 aliphatic rings. The van der Waals surface area contributed by atoms with Crippen molar-refractivity contribution in [1.29, 1.82) is 0 Å². The molecule has 0 bridgehead atoms. The maximum Gasteiger partial charge on any atom is 0.0708 e. The highest BCUT2D eigenvalue weighted by Gasteiger charge is 2.05. The Bertz CT molecular complexity index is 867. The number of benzene rings is 2. The van der Waals surface area contributed by atoms with Crippen LogP contribution in [-0.4, -0.2) is 9.97 Å². The van der Waals surface area contributed by atoms with E-state index in [1.54, 1.807) is 0 Å². The number of hydrogen-bond acceptors (Lipinski definition) is 2. The van der Waals surface area contributed by atoms with Gasteiger partial charge in [-0.3, -0.25) is 9.97 Å². The lowest BCUT2D eigenvalue weighted by Gasteiger charge is -2.07. The largest absolute Gasteiger partial charge is 0.256 e. The first-order chi connectivity index (χ1) is 11.9. The fourth-order valence-electron chi connectivity index (χ4n) is 2.75. The summed E-state index contributed by atoms with van der Waals surface area (Å²) in [4.78, 5) is 9.00. The van der Waals surface area contributed by atoms with E-state index >= 15 is 0 Å². The lowest BCUT2D eigenvalue weighted by molar-refractivity contribution is 1.31. The quantitative estimate of drug-likeness (QED) is 0.501. The Hall–Kier alpha value is -3.26. The van der Waals surface area contributed by atoms with Crippen LogP contribution in [0.15, 0.2) is 97.3 Å². The molecule has 0 saturated heterocycles. The highest BCUT2D eigenvalue weighted by molar-refractivity contribution is 5.73. The molecule has 24 heavy (non-hydrogen) atoms. The van der Waals surface area contributed by atoms with E-state index < -0.39 is 0 Å². The van der Waals surface area contributed by atoms with Crippen molar-refractivity contribution in [2.24, 2.45) is 0 Å². The van der Waals surface area contributed by atoms with Crippen LogP contribution < -0.4 is 0 Å². The lowest BCUT2D eigenvalue weighted by atomic mass is 10.0. The summed E-state index contributed by atoms with van der Waals surface area (Å²) in [6.45, 7) is 0. The molecule has 0 aliphatic carbocycles. The average molecular weight is 308 g/mol. The topological polar surface area (TPSA) is 25.8 Å². The molecule has 0 fully saturated rings. The summed E-state index contributed by atoms with van der Waals surface area (Å²) in [5.41, 5.74) is 6.48. The van der Waals surface area contributed by atoms with E-state index in [1.807, 2.05) is 60.9 Å². The first-order valence-electron chi connectivity index (χ1n) is 7.93. The van der Waals surface area contributed by atoms with Crippen LogP contribution in [0.4, 0.5) is 0 Å². The minimum Gasteiger partial charge on any atom is -0.256 e. The van der Waals surface area contributed by atoms with Crippen molar-refractivity contribution < 1.29 is 0 Å². The van der Waals surface area contributed by atoms with Crippen molar-refractivity contribution in [3.8, 4) is 33.6 Å². The van der Waals surface area contributed by atoms with Gasteiger partial charge in [-0.1, -0.05) is 60.7 Å². The third-order valence-electron chi connectivity index (χ3n) is 3.99. The van der Waals surface area contributed by atoms with Crippen molar-refractivity contribution in [2.45, 2.75) is 0 Å². The van der Waals surface area contributed by atoms with Crippen molar-refractivity contribution in [3.05, 3.63) is 97.3 Å². The average Bonchev–Trinajstić information content (AvgIpc) is 2.70. The predicted octanol–water partition coefficient (Wildman–Crippen LogP) is 5.48. The fraction of sp³-hybridized carbons (Fsp3) is 0. The van der Waals surface area contributed by atoms with Gasteiger partial charge < -0.3 is 0 Å². The van der Waals surface area contributed by atoms with E-state index in [0.29, 0.717) is 0 Å². The van der Waals surface area contributed by atoms with Crippen molar-refractivity contribution in [3.63, 3.8) is 0 Å². The molecule has 0 radical (unpaired) electrons. The Kier molecular flexibility index (Phi) is 3.86. The van der Waals surface area contributed by atoms with E-state index in [4.69, 9.17) is 0 Å². The summed E-state index contributed by atoms with van der Waals surface area (Å²) in [5, 5.41) is 0. The van der Waals surface area contributed by atoms with Crippen LogP contribution in [0.1, 0.15) is 0 Å². The molecule has 0 spiro atoms. The summed E-state index contributed by atoms with van der Waals surface area (Å²) < 4.78 is 0. The zero-order valence-electron chi connectivity index (χ0n) is 13.1. The number of nitrogens with zero attached hydrogens (tertiary/aromatic N) is 2. The summed E-state index contributed by atoms with van der Waals surface area (Å²) in [5.74, 6) is 0. The standard InChI is InChI=1S/C22H16N2/c1-3-7-17(8-4-1)21-15-19(11-13-23-21)20-12-14-24-22(16-20)18-9-5-2-6-10-18/h1-16H. The summed E-state index contributed by atoms with van der Waals surface area (Å²) >= 11 is 0. The molecule has 2 heteroatoms. The van der Waals surface area contributed by atoms with Crippen LogP contribution in [0.5, 0.6) is 0 Å². The van der Waals surface area contributed by atoms with Gasteiger partial charge in [0.1, 0.15) is 0 Å². The van der Waals surface area contributed by atoms with E-state index in [-0.39, 0.29) is 0 Å². The first kappa shape index (κ1) is 14.3. The number of pyridine rings is 2. The Labute approximate surface area is 141 Å². The second-order valence-electron chi connectivity index (χ2n) is 5.59. The molecule has 0 saturated carbocycles. The van der Waals surface area contributed by atoms with Crippen LogP contribution in [0.25, 0.3) is 33.6 Å². The maximum atomic E-state index is 4.50. The fourth-order valence-corrected chi connectivity index (χ4v) is 2.75. The molecule has 0 atom stereocenters. The molecule has 0 unspecified atom stereocenters. The number of hydrogen-bond donors (Lipinski definition) is 0. The van der Waals surface area contributed by atoms with Gasteiger partial charge in [-0.2, -0.15) is 0 Å². The van der Waals surface area contributed by atoms with Gasteiger partial charge in [0.2, 0.25) is 0 Å². The van der Waals surface area contributed by atoms with Gasteiger partial charge in [-0.05, 0) is 35.4 Å². The van der Waals surface area contributed by atoms with Gasteiger partial charge >= 0.3 is 0 Å². The smallest absolute Gasteiger partial charge is 0.0708 e. The normalized spacial score (nSPS) is 10.5. The van der Waals surface area contributed by atoms with E-state index in [9.17, 15) is 0 Å².